The van der Waals surface area contributed by atoms with E-state index >= 15 is 0 Å². The third kappa shape index (κ3) is 5.02. The van der Waals surface area contributed by atoms with Crippen LogP contribution in [0.25, 0.3) is 0 Å². The van der Waals surface area contributed by atoms with E-state index in [4.69, 9.17) is 4.74 Å². The lowest BCUT2D eigenvalue weighted by Crippen LogP contribution is -2.51. The van der Waals surface area contributed by atoms with Crippen molar-refractivity contribution in [1.29, 1.82) is 0 Å². The van der Waals surface area contributed by atoms with Gasteiger partial charge in [-0.25, -0.2) is 0 Å². The summed E-state index contributed by atoms with van der Waals surface area (Å²) >= 11 is 0. The molecule has 1 aromatic carbocycles. The Balaban J connectivity index is 2.09. The van der Waals surface area contributed by atoms with Crippen LogP contribution in [0.5, 0.6) is 0 Å². The summed E-state index contributed by atoms with van der Waals surface area (Å²) in [5.74, 6) is -0.636. The predicted octanol–water partition coefficient (Wildman–Crippen LogP) is 1.57. The number of nitrogens with one attached hydrogen (secondary N) is 1. The lowest BCUT2D eigenvalue weighted by atomic mass is 10.2. The van der Waals surface area contributed by atoms with E-state index in [1.807, 2.05) is 0 Å². The number of halogens is 3. The molecule has 4 nitrogen and oxygen atoms in total. The first kappa shape index (κ1) is 15.8. The maximum atomic E-state index is 12.7. The third-order valence-electron chi connectivity index (χ3n) is 3.10. The Morgan fingerprint density at radius 1 is 1.33 bits per heavy atom. The molecule has 116 valence electrons. The van der Waals surface area contributed by atoms with Crippen LogP contribution < -0.4 is 5.32 Å². The largest absolute Gasteiger partial charge is 0.406 e. The van der Waals surface area contributed by atoms with Crippen molar-refractivity contribution < 1.29 is 22.7 Å². The average Bonchev–Trinajstić information content (AvgIpc) is 2.46. The third-order valence-corrected chi connectivity index (χ3v) is 3.10. The van der Waals surface area contributed by atoms with Crippen molar-refractivity contribution in [3.8, 4) is 0 Å². The van der Waals surface area contributed by atoms with Gasteiger partial charge in [-0.15, -0.1) is 0 Å². The van der Waals surface area contributed by atoms with Gasteiger partial charge in [-0.3, -0.25) is 4.79 Å². The van der Waals surface area contributed by atoms with Crippen LogP contribution in [-0.2, 0) is 16.1 Å². The Hall–Kier alpha value is -1.60. The van der Waals surface area contributed by atoms with Gasteiger partial charge in [-0.1, -0.05) is 30.3 Å². The first-order chi connectivity index (χ1) is 9.96. The van der Waals surface area contributed by atoms with E-state index in [0.717, 1.165) is 4.90 Å². The Labute approximate surface area is 120 Å². The molecule has 1 amide bonds. The summed E-state index contributed by atoms with van der Waals surface area (Å²) in [6.07, 6.45) is -5.29. The Bertz CT molecular complexity index is 459. The second-order valence-corrected chi connectivity index (χ2v) is 4.86. The summed E-state index contributed by atoms with van der Waals surface area (Å²) < 4.78 is 43.3. The highest BCUT2D eigenvalue weighted by molar-refractivity contribution is 5.81. The zero-order chi connectivity index (χ0) is 15.3. The molecule has 1 aliphatic rings. The molecule has 0 radical (unpaired) electrons. The molecule has 7 heteroatoms. The highest BCUT2D eigenvalue weighted by atomic mass is 19.4. The van der Waals surface area contributed by atoms with Crippen molar-refractivity contribution in [2.45, 2.75) is 18.8 Å². The number of alkyl halides is 3. The summed E-state index contributed by atoms with van der Waals surface area (Å²) in [4.78, 5) is 13.0. The number of hydrogen-bond acceptors (Lipinski definition) is 3. The first-order valence-electron chi connectivity index (χ1n) is 6.67. The van der Waals surface area contributed by atoms with Crippen molar-refractivity contribution in [2.24, 2.45) is 0 Å². The smallest absolute Gasteiger partial charge is 0.366 e. The highest BCUT2D eigenvalue weighted by Crippen LogP contribution is 2.19. The van der Waals surface area contributed by atoms with Gasteiger partial charge in [-0.05, 0) is 5.56 Å². The van der Waals surface area contributed by atoms with Crippen LogP contribution in [-0.4, -0.2) is 49.3 Å². The number of ether oxygens (including phenoxy) is 1. The molecule has 1 aromatic rings. The number of amides is 1. The normalized spacial score (nSPS) is 19.3. The van der Waals surface area contributed by atoms with E-state index in [9.17, 15) is 18.0 Å². The van der Waals surface area contributed by atoms with E-state index in [2.05, 4.69) is 5.32 Å². The van der Waals surface area contributed by atoms with Crippen molar-refractivity contribution in [1.82, 2.24) is 10.2 Å². The van der Waals surface area contributed by atoms with Gasteiger partial charge in [0.2, 0.25) is 0 Å². The molecule has 21 heavy (non-hydrogen) atoms. The Morgan fingerprint density at radius 3 is 2.62 bits per heavy atom. The van der Waals surface area contributed by atoms with Crippen molar-refractivity contribution in [3.05, 3.63) is 35.9 Å². The van der Waals surface area contributed by atoms with Crippen LogP contribution >= 0.6 is 0 Å². The van der Waals surface area contributed by atoms with Gasteiger partial charge < -0.3 is 15.0 Å². The molecule has 1 atom stereocenters. The zero-order valence-corrected chi connectivity index (χ0v) is 11.4. The molecule has 1 heterocycles. The molecule has 0 aromatic heterocycles. The first-order valence-corrected chi connectivity index (χ1v) is 6.67. The fourth-order valence-corrected chi connectivity index (χ4v) is 2.16. The van der Waals surface area contributed by atoms with Crippen LogP contribution in [0.2, 0.25) is 0 Å². The number of benzene rings is 1. The number of nitrogens with zero attached hydrogens (tertiary/aromatic N) is 1. The lowest BCUT2D eigenvalue weighted by Gasteiger charge is -2.30. The topological polar surface area (TPSA) is 41.6 Å². The minimum atomic E-state index is -4.44. The van der Waals surface area contributed by atoms with Gasteiger partial charge in [0.15, 0.2) is 0 Å². The number of carbonyl (C=O) groups is 1. The van der Waals surface area contributed by atoms with Gasteiger partial charge >= 0.3 is 6.18 Å². The molecule has 2 rings (SSSR count). The minimum Gasteiger partial charge on any atom is -0.366 e. The monoisotopic (exact) mass is 302 g/mol. The summed E-state index contributed by atoms with van der Waals surface area (Å²) in [6, 6.07) is 8.61. The minimum absolute atomic E-state index is 0.0843. The maximum absolute atomic E-state index is 12.7. The molecule has 1 saturated heterocycles. The van der Waals surface area contributed by atoms with E-state index in [-0.39, 0.29) is 13.1 Å². The van der Waals surface area contributed by atoms with Gasteiger partial charge in [-0.2, -0.15) is 13.2 Å². The number of carbonyl (C=O) groups excluding carboxylic acids is 1. The zero-order valence-electron chi connectivity index (χ0n) is 11.4. The van der Waals surface area contributed by atoms with E-state index in [1.165, 1.54) is 0 Å². The van der Waals surface area contributed by atoms with Gasteiger partial charge in [0, 0.05) is 19.6 Å². The second kappa shape index (κ2) is 6.91. The highest BCUT2D eigenvalue weighted by Gasteiger charge is 2.36. The summed E-state index contributed by atoms with van der Waals surface area (Å²) in [5, 5.41) is 2.94. The van der Waals surface area contributed by atoms with Crippen LogP contribution in [0, 0.1) is 0 Å². The number of hydrogen-bond donors (Lipinski definition) is 1. The van der Waals surface area contributed by atoms with Crippen molar-refractivity contribution in [2.75, 3.05) is 26.2 Å². The summed E-state index contributed by atoms with van der Waals surface area (Å²) in [5.41, 5.74) is 0.652. The lowest BCUT2D eigenvalue weighted by molar-refractivity contribution is -0.170. The van der Waals surface area contributed by atoms with Gasteiger partial charge in [0.25, 0.3) is 5.91 Å². The molecule has 1 fully saturated rings. The molecule has 0 saturated carbocycles. The molecular formula is C14H17F3N2O2. The van der Waals surface area contributed by atoms with Crippen LogP contribution in [0.3, 0.4) is 0 Å². The van der Waals surface area contributed by atoms with Crippen LogP contribution in [0.4, 0.5) is 13.2 Å². The van der Waals surface area contributed by atoms with Gasteiger partial charge in [0.1, 0.15) is 12.6 Å². The molecule has 0 spiro atoms. The standard InChI is InChI=1S/C14H17F3N2O2/c15-14(16,17)10-19(9-11-4-2-1-3-5-11)13(20)12-8-18-6-7-21-12/h1-5,12,18H,6-10H2. The molecule has 0 bridgehead atoms. The van der Waals surface area contributed by atoms with Crippen LogP contribution in [0.1, 0.15) is 5.56 Å². The molecular weight excluding hydrogens is 285 g/mol. The predicted molar refractivity (Wildman–Crippen MR) is 70.5 cm³/mol. The number of morpholine rings is 1. The van der Waals surface area contributed by atoms with E-state index < -0.39 is 24.7 Å². The fourth-order valence-electron chi connectivity index (χ4n) is 2.16. The maximum Gasteiger partial charge on any atom is 0.406 e. The van der Waals surface area contributed by atoms with Crippen molar-refractivity contribution in [3.63, 3.8) is 0 Å². The SMILES string of the molecule is O=C(C1CNCCO1)N(Cc1ccccc1)CC(F)(F)F. The molecule has 1 unspecified atom stereocenters. The van der Waals surface area contributed by atoms with Gasteiger partial charge in [0.05, 0.1) is 6.61 Å². The fraction of sp³-hybridized carbons (Fsp3) is 0.500. The number of rotatable bonds is 4. The Morgan fingerprint density at radius 2 is 2.05 bits per heavy atom. The van der Waals surface area contributed by atoms with Crippen molar-refractivity contribution >= 4 is 5.91 Å². The van der Waals surface area contributed by atoms with E-state index in [0.29, 0.717) is 18.7 Å². The molecule has 0 aliphatic carbocycles. The molecule has 1 aliphatic heterocycles. The van der Waals surface area contributed by atoms with E-state index in [1.54, 1.807) is 30.3 Å². The Kier molecular flexibility index (Phi) is 5.19. The average molecular weight is 302 g/mol. The quantitative estimate of drug-likeness (QED) is 0.918. The summed E-state index contributed by atoms with van der Waals surface area (Å²) in [7, 11) is 0. The van der Waals surface area contributed by atoms with Crippen LogP contribution in [0.15, 0.2) is 30.3 Å². The summed E-state index contributed by atoms with van der Waals surface area (Å²) in [6.45, 7) is -0.203. The molecule has 1 N–H and O–H groups in total. The second-order valence-electron chi connectivity index (χ2n) is 4.86.